The third-order valence-corrected chi connectivity index (χ3v) is 5.30. The van der Waals surface area contributed by atoms with Gasteiger partial charge in [0.05, 0.1) is 26.5 Å². The van der Waals surface area contributed by atoms with Gasteiger partial charge in [-0.05, 0) is 18.2 Å². The average Bonchev–Trinajstić information content (AvgIpc) is 3.29. The number of nitrogens with zero attached hydrogens (tertiary/aromatic N) is 3. The zero-order valence-corrected chi connectivity index (χ0v) is 17.1. The van der Waals surface area contributed by atoms with Gasteiger partial charge in [-0.1, -0.05) is 0 Å². The predicted octanol–water partition coefficient (Wildman–Crippen LogP) is 3.51. The molecule has 0 radical (unpaired) electrons. The van der Waals surface area contributed by atoms with Crippen LogP contribution in [0.3, 0.4) is 0 Å². The summed E-state index contributed by atoms with van der Waals surface area (Å²) < 4.78 is 40.6. The topological polar surface area (TPSA) is 94.8 Å². The molecule has 11 heteroatoms. The van der Waals surface area contributed by atoms with Crippen LogP contribution < -0.4 is 30.1 Å². The largest absolute Gasteiger partial charge is 0.493 e. The van der Waals surface area contributed by atoms with Gasteiger partial charge in [0.25, 0.3) is 0 Å². The van der Waals surface area contributed by atoms with Gasteiger partial charge in [0.1, 0.15) is 17.2 Å². The van der Waals surface area contributed by atoms with E-state index in [1.807, 2.05) is 0 Å². The number of benzene rings is 1. The number of fused-ring (bicyclic) bond motifs is 3. The summed E-state index contributed by atoms with van der Waals surface area (Å²) in [6.45, 7) is -0.112. The quantitative estimate of drug-likeness (QED) is 0.573. The fourth-order valence-electron chi connectivity index (χ4n) is 3.85. The van der Waals surface area contributed by atoms with Crippen LogP contribution in [-0.4, -0.2) is 30.2 Å². The van der Waals surface area contributed by atoms with E-state index in [2.05, 4.69) is 20.8 Å². The van der Waals surface area contributed by atoms with E-state index in [9.17, 15) is 4.79 Å². The van der Waals surface area contributed by atoms with E-state index in [0.29, 0.717) is 28.1 Å². The number of ether oxygens (including phenoxy) is 2. The molecular formula is C21H20F2N6O3. The SMILES string of the molecule is COc1cc(OC)c(F)c(N2Cc3cnc4[nH]ccc4c3N(C3=CC=CNN3)C2=O)c1F.[HH]. The van der Waals surface area contributed by atoms with E-state index in [1.54, 1.807) is 36.8 Å². The molecule has 5 rings (SSSR count). The number of pyridine rings is 1. The number of amides is 2. The van der Waals surface area contributed by atoms with E-state index in [-0.39, 0.29) is 19.5 Å². The minimum Gasteiger partial charge on any atom is -0.493 e. The molecule has 0 aliphatic carbocycles. The zero-order chi connectivity index (χ0) is 22.4. The highest BCUT2D eigenvalue weighted by atomic mass is 19.1. The van der Waals surface area contributed by atoms with Crippen molar-refractivity contribution in [1.29, 1.82) is 0 Å². The average molecular weight is 442 g/mol. The Morgan fingerprint density at radius 1 is 1.16 bits per heavy atom. The molecule has 0 fully saturated rings. The number of nitrogens with one attached hydrogen (secondary N) is 3. The number of hydrogen-bond donors (Lipinski definition) is 3. The summed E-state index contributed by atoms with van der Waals surface area (Å²) in [5.41, 5.74) is 6.87. The van der Waals surface area contributed by atoms with Crippen molar-refractivity contribution in [1.82, 2.24) is 20.8 Å². The maximum Gasteiger partial charge on any atom is 0.335 e. The first-order chi connectivity index (χ1) is 15.5. The Kier molecular flexibility index (Phi) is 4.58. The molecule has 1 aromatic carbocycles. The second-order valence-corrected chi connectivity index (χ2v) is 7.01. The smallest absolute Gasteiger partial charge is 0.335 e. The number of rotatable bonds is 4. The highest BCUT2D eigenvalue weighted by molar-refractivity contribution is 6.13. The number of carbonyl (C=O) groups excluding carboxylic acids is 1. The van der Waals surface area contributed by atoms with Crippen LogP contribution in [0.25, 0.3) is 11.0 Å². The van der Waals surface area contributed by atoms with Crippen LogP contribution in [0, 0.1) is 11.6 Å². The van der Waals surface area contributed by atoms with E-state index in [0.717, 1.165) is 11.0 Å². The Balaban J connectivity index is 0.00000259. The van der Waals surface area contributed by atoms with Gasteiger partial charge in [0, 0.05) is 37.0 Å². The molecule has 2 aromatic heterocycles. The van der Waals surface area contributed by atoms with Crippen molar-refractivity contribution in [2.75, 3.05) is 24.0 Å². The van der Waals surface area contributed by atoms with Crippen molar-refractivity contribution in [3.05, 3.63) is 65.9 Å². The van der Waals surface area contributed by atoms with Crippen molar-refractivity contribution < 1.29 is 24.5 Å². The standard InChI is InChI=1S/C21H18F2N6O3.H2/c1-31-13-8-14(32-2)17(23)19(16(13)22)28-10-11-9-25-20-12(5-7-24-20)18(11)29(21(28)30)15-4-3-6-26-27-15;/h3-9,26-27H,10H2,1-2H3,(H,24,25);1H. The summed E-state index contributed by atoms with van der Waals surface area (Å²) in [6, 6.07) is 2.22. The summed E-state index contributed by atoms with van der Waals surface area (Å²) in [6.07, 6.45) is 8.28. The van der Waals surface area contributed by atoms with E-state index >= 15 is 8.78 Å². The van der Waals surface area contributed by atoms with Crippen LogP contribution in [0.15, 0.2) is 48.7 Å². The summed E-state index contributed by atoms with van der Waals surface area (Å²) in [5, 5.41) is 0.692. The maximum absolute atomic E-state index is 15.2. The molecule has 0 spiro atoms. The van der Waals surface area contributed by atoms with E-state index in [1.165, 1.54) is 19.1 Å². The fraction of sp³-hybridized carbons (Fsp3) is 0.143. The number of halogens is 2. The fourth-order valence-corrected chi connectivity index (χ4v) is 3.85. The van der Waals surface area contributed by atoms with Crippen LogP contribution in [0.1, 0.15) is 6.99 Å². The number of anilines is 2. The number of H-pyrrole nitrogens is 1. The highest BCUT2D eigenvalue weighted by Crippen LogP contribution is 2.43. The third-order valence-electron chi connectivity index (χ3n) is 5.30. The van der Waals surface area contributed by atoms with Crippen LogP contribution in [-0.2, 0) is 6.54 Å². The third kappa shape index (κ3) is 2.82. The summed E-state index contributed by atoms with van der Waals surface area (Å²) in [5.74, 6) is -2.15. The summed E-state index contributed by atoms with van der Waals surface area (Å²) in [4.78, 5) is 23.5. The Morgan fingerprint density at radius 2 is 1.91 bits per heavy atom. The van der Waals surface area contributed by atoms with Crippen molar-refractivity contribution in [3.63, 3.8) is 0 Å². The molecule has 0 bridgehead atoms. The minimum atomic E-state index is -1.01. The Bertz CT molecular complexity index is 1280. The number of methoxy groups -OCH3 is 2. The summed E-state index contributed by atoms with van der Waals surface area (Å²) in [7, 11) is 2.50. The van der Waals surface area contributed by atoms with Crippen molar-refractivity contribution in [2.24, 2.45) is 0 Å². The van der Waals surface area contributed by atoms with E-state index < -0.39 is 23.4 Å². The zero-order valence-electron chi connectivity index (χ0n) is 17.1. The Labute approximate surface area is 182 Å². The molecule has 32 heavy (non-hydrogen) atoms. The summed E-state index contributed by atoms with van der Waals surface area (Å²) >= 11 is 0. The molecule has 0 saturated carbocycles. The van der Waals surface area contributed by atoms with Gasteiger partial charge in [0.15, 0.2) is 23.1 Å². The molecular weight excluding hydrogens is 422 g/mol. The second kappa shape index (κ2) is 7.45. The lowest BCUT2D eigenvalue weighted by molar-refractivity contribution is 0.250. The van der Waals surface area contributed by atoms with E-state index in [4.69, 9.17) is 9.47 Å². The van der Waals surface area contributed by atoms with Gasteiger partial charge in [-0.3, -0.25) is 10.3 Å². The van der Waals surface area contributed by atoms with Gasteiger partial charge in [0.2, 0.25) is 0 Å². The first-order valence-corrected chi connectivity index (χ1v) is 9.60. The van der Waals surface area contributed by atoms with Crippen LogP contribution >= 0.6 is 0 Å². The highest BCUT2D eigenvalue weighted by Gasteiger charge is 2.39. The number of allylic oxidation sites excluding steroid dienone is 2. The number of carbonyl (C=O) groups is 1. The van der Waals surface area contributed by atoms with Crippen LogP contribution in [0.4, 0.5) is 25.0 Å². The molecule has 4 heterocycles. The predicted molar refractivity (Wildman–Crippen MR) is 115 cm³/mol. The molecule has 3 aromatic rings. The van der Waals surface area contributed by atoms with Crippen LogP contribution in [0.2, 0.25) is 0 Å². The molecule has 0 atom stereocenters. The number of aromatic amines is 1. The number of aromatic nitrogens is 2. The lowest BCUT2D eigenvalue weighted by atomic mass is 10.1. The van der Waals surface area contributed by atoms with Gasteiger partial charge in [-0.25, -0.2) is 23.5 Å². The minimum absolute atomic E-state index is 0. The molecule has 2 aliphatic rings. The van der Waals surface area contributed by atoms with Crippen molar-refractivity contribution >= 4 is 28.4 Å². The monoisotopic (exact) mass is 442 g/mol. The maximum atomic E-state index is 15.2. The normalized spacial score (nSPS) is 15.2. The number of urea groups is 1. The lowest BCUT2D eigenvalue weighted by Crippen LogP contribution is -2.51. The molecule has 166 valence electrons. The first kappa shape index (κ1) is 19.7. The van der Waals surface area contributed by atoms with Crippen LogP contribution in [0.5, 0.6) is 11.5 Å². The molecule has 3 N–H and O–H groups in total. The second-order valence-electron chi connectivity index (χ2n) is 7.01. The van der Waals surface area contributed by atoms with Gasteiger partial charge < -0.3 is 19.9 Å². The molecule has 0 saturated heterocycles. The molecule has 2 amide bonds. The van der Waals surface area contributed by atoms with Crippen molar-refractivity contribution in [3.8, 4) is 11.5 Å². The Morgan fingerprint density at radius 3 is 2.56 bits per heavy atom. The molecule has 9 nitrogen and oxygen atoms in total. The van der Waals surface area contributed by atoms with Gasteiger partial charge in [-0.15, -0.1) is 0 Å². The van der Waals surface area contributed by atoms with Gasteiger partial charge >= 0.3 is 6.03 Å². The molecule has 0 unspecified atom stereocenters. The number of hydrazine groups is 1. The molecule has 2 aliphatic heterocycles. The Hall–Kier alpha value is -4.28. The number of hydrogen-bond acceptors (Lipinski definition) is 6. The van der Waals surface area contributed by atoms with Gasteiger partial charge in [-0.2, -0.15) is 0 Å². The lowest BCUT2D eigenvalue weighted by Gasteiger charge is -2.38. The first-order valence-electron chi connectivity index (χ1n) is 9.60. The van der Waals surface area contributed by atoms with Crippen molar-refractivity contribution in [2.45, 2.75) is 6.54 Å².